The second kappa shape index (κ2) is 5.43. The van der Waals surface area contributed by atoms with Gasteiger partial charge in [0.25, 0.3) is 5.91 Å². The molecule has 21 heavy (non-hydrogen) atoms. The number of hydrogen-bond acceptors (Lipinski definition) is 2. The number of carbonyl (C=O) groups excluding carboxylic acids is 2. The van der Waals surface area contributed by atoms with Gasteiger partial charge in [0.1, 0.15) is 0 Å². The molecule has 1 fully saturated rings. The fourth-order valence-electron chi connectivity index (χ4n) is 3.19. The SMILES string of the molecule is CC1=C(C)C2C=CC(=NC(=O)C3CCCC3)C=C2NC1=O. The van der Waals surface area contributed by atoms with E-state index in [4.69, 9.17) is 0 Å². The van der Waals surface area contributed by atoms with Crippen LogP contribution in [0, 0.1) is 11.8 Å². The summed E-state index contributed by atoms with van der Waals surface area (Å²) in [6.45, 7) is 3.81. The number of rotatable bonds is 1. The third-order valence-electron chi connectivity index (χ3n) is 4.70. The third kappa shape index (κ3) is 2.62. The van der Waals surface area contributed by atoms with Crippen LogP contribution in [0.25, 0.3) is 0 Å². The maximum atomic E-state index is 12.1. The fourth-order valence-corrected chi connectivity index (χ4v) is 3.19. The largest absolute Gasteiger partial charge is 0.325 e. The second-order valence-corrected chi connectivity index (χ2v) is 6.05. The lowest BCUT2D eigenvalue weighted by atomic mass is 9.85. The van der Waals surface area contributed by atoms with E-state index in [1.807, 2.05) is 32.1 Å². The standard InChI is InChI=1S/C17H20N2O2/c1-10-11(2)16(20)19-15-9-13(7-8-14(10)15)18-17(21)12-5-3-4-6-12/h7-9,12,14H,3-6H2,1-2H3,(H,19,20). The van der Waals surface area contributed by atoms with E-state index in [1.165, 1.54) is 0 Å². The van der Waals surface area contributed by atoms with Crippen molar-refractivity contribution in [1.29, 1.82) is 0 Å². The van der Waals surface area contributed by atoms with Crippen LogP contribution in [0.3, 0.4) is 0 Å². The van der Waals surface area contributed by atoms with Gasteiger partial charge in [0.2, 0.25) is 5.91 Å². The van der Waals surface area contributed by atoms with Gasteiger partial charge in [-0.3, -0.25) is 9.59 Å². The number of aliphatic imine (C=N–C) groups is 1. The van der Waals surface area contributed by atoms with E-state index in [2.05, 4.69) is 10.3 Å². The van der Waals surface area contributed by atoms with Crippen LogP contribution in [0.2, 0.25) is 0 Å². The number of carbonyl (C=O) groups is 2. The molecule has 1 aliphatic heterocycles. The summed E-state index contributed by atoms with van der Waals surface area (Å²) < 4.78 is 0. The van der Waals surface area contributed by atoms with E-state index >= 15 is 0 Å². The predicted molar refractivity (Wildman–Crippen MR) is 81.6 cm³/mol. The highest BCUT2D eigenvalue weighted by Gasteiger charge is 2.28. The summed E-state index contributed by atoms with van der Waals surface area (Å²) in [5.41, 5.74) is 3.29. The topological polar surface area (TPSA) is 58.5 Å². The maximum Gasteiger partial charge on any atom is 0.251 e. The first-order chi connectivity index (χ1) is 10.1. The normalized spacial score (nSPS) is 27.7. The van der Waals surface area contributed by atoms with Gasteiger partial charge in [-0.25, -0.2) is 4.99 Å². The van der Waals surface area contributed by atoms with Crippen molar-refractivity contribution in [3.05, 3.63) is 35.1 Å². The molecule has 0 spiro atoms. The number of fused-ring (bicyclic) bond motifs is 1. The Balaban J connectivity index is 1.83. The number of hydrogen-bond donors (Lipinski definition) is 1. The molecular formula is C17H20N2O2. The third-order valence-corrected chi connectivity index (χ3v) is 4.70. The summed E-state index contributed by atoms with van der Waals surface area (Å²) in [7, 11) is 0. The Labute approximate surface area is 124 Å². The zero-order valence-electron chi connectivity index (χ0n) is 12.5. The highest BCUT2D eigenvalue weighted by Crippen LogP contribution is 2.30. The molecule has 4 nitrogen and oxygen atoms in total. The van der Waals surface area contributed by atoms with Crippen molar-refractivity contribution in [2.75, 3.05) is 0 Å². The van der Waals surface area contributed by atoms with Gasteiger partial charge in [0.05, 0.1) is 5.71 Å². The van der Waals surface area contributed by atoms with Crippen molar-refractivity contribution in [2.24, 2.45) is 16.8 Å². The van der Waals surface area contributed by atoms with Gasteiger partial charge >= 0.3 is 0 Å². The molecule has 0 saturated heterocycles. The minimum absolute atomic E-state index is 0.0203. The van der Waals surface area contributed by atoms with Gasteiger partial charge in [-0.1, -0.05) is 24.5 Å². The fraction of sp³-hybridized carbons (Fsp3) is 0.471. The smallest absolute Gasteiger partial charge is 0.251 e. The number of nitrogens with zero attached hydrogens (tertiary/aromatic N) is 1. The zero-order valence-corrected chi connectivity index (χ0v) is 12.5. The highest BCUT2D eigenvalue weighted by molar-refractivity contribution is 6.11. The number of allylic oxidation sites excluding steroid dienone is 3. The van der Waals surface area contributed by atoms with Gasteiger partial charge < -0.3 is 5.32 Å². The minimum Gasteiger partial charge on any atom is -0.325 e. The van der Waals surface area contributed by atoms with Gasteiger partial charge in [-0.2, -0.15) is 0 Å². The van der Waals surface area contributed by atoms with Crippen LogP contribution in [0.4, 0.5) is 0 Å². The molecule has 1 heterocycles. The van der Waals surface area contributed by atoms with E-state index in [-0.39, 0.29) is 23.7 Å². The van der Waals surface area contributed by atoms with Crippen LogP contribution < -0.4 is 5.32 Å². The average Bonchev–Trinajstić information content (AvgIpc) is 2.99. The number of amides is 2. The van der Waals surface area contributed by atoms with Crippen LogP contribution in [-0.4, -0.2) is 17.5 Å². The lowest BCUT2D eigenvalue weighted by Crippen LogP contribution is -2.35. The molecule has 3 aliphatic rings. The molecule has 2 aliphatic carbocycles. The Bertz CT molecular complexity index is 617. The molecule has 0 aromatic rings. The first kappa shape index (κ1) is 14.0. The molecule has 1 N–H and O–H groups in total. The zero-order chi connectivity index (χ0) is 15.0. The maximum absolute atomic E-state index is 12.1. The first-order valence-corrected chi connectivity index (χ1v) is 7.57. The molecule has 1 saturated carbocycles. The van der Waals surface area contributed by atoms with Crippen LogP contribution in [-0.2, 0) is 9.59 Å². The van der Waals surface area contributed by atoms with E-state index in [9.17, 15) is 9.59 Å². The van der Waals surface area contributed by atoms with Crippen LogP contribution in [0.5, 0.6) is 0 Å². The molecule has 110 valence electrons. The van der Waals surface area contributed by atoms with Gasteiger partial charge in [0.15, 0.2) is 0 Å². The minimum atomic E-state index is -0.0632. The molecular weight excluding hydrogens is 264 g/mol. The van der Waals surface area contributed by atoms with Gasteiger partial charge in [0, 0.05) is 23.1 Å². The Morgan fingerprint density at radius 1 is 1.29 bits per heavy atom. The van der Waals surface area contributed by atoms with Crippen molar-refractivity contribution < 1.29 is 9.59 Å². The second-order valence-electron chi connectivity index (χ2n) is 6.05. The average molecular weight is 284 g/mol. The molecule has 2 amide bonds. The van der Waals surface area contributed by atoms with Crippen LogP contribution in [0.15, 0.2) is 40.1 Å². The van der Waals surface area contributed by atoms with E-state index in [1.54, 1.807) is 0 Å². The van der Waals surface area contributed by atoms with Crippen molar-refractivity contribution in [3.8, 4) is 0 Å². The summed E-state index contributed by atoms with van der Waals surface area (Å²) in [5, 5.41) is 2.89. The van der Waals surface area contributed by atoms with Crippen molar-refractivity contribution >= 4 is 17.5 Å². The summed E-state index contributed by atoms with van der Waals surface area (Å²) in [4.78, 5) is 28.2. The van der Waals surface area contributed by atoms with Crippen LogP contribution >= 0.6 is 0 Å². The number of nitrogens with one attached hydrogen (secondary N) is 1. The lowest BCUT2D eigenvalue weighted by molar-refractivity contribution is -0.121. The van der Waals surface area contributed by atoms with E-state index in [0.29, 0.717) is 5.71 Å². The predicted octanol–water partition coefficient (Wildman–Crippen LogP) is 2.68. The Kier molecular flexibility index (Phi) is 3.62. The quantitative estimate of drug-likeness (QED) is 0.804. The molecule has 4 heteroatoms. The first-order valence-electron chi connectivity index (χ1n) is 7.57. The van der Waals surface area contributed by atoms with Crippen molar-refractivity contribution in [2.45, 2.75) is 39.5 Å². The van der Waals surface area contributed by atoms with Crippen molar-refractivity contribution in [1.82, 2.24) is 5.32 Å². The molecule has 0 aromatic carbocycles. The molecule has 1 unspecified atom stereocenters. The van der Waals surface area contributed by atoms with Gasteiger partial charge in [-0.15, -0.1) is 0 Å². The van der Waals surface area contributed by atoms with E-state index < -0.39 is 0 Å². The highest BCUT2D eigenvalue weighted by atomic mass is 16.2. The molecule has 1 atom stereocenters. The summed E-state index contributed by atoms with van der Waals surface area (Å²) >= 11 is 0. The summed E-state index contributed by atoms with van der Waals surface area (Å²) in [6.07, 6.45) is 9.88. The van der Waals surface area contributed by atoms with Gasteiger partial charge in [-0.05, 0) is 38.8 Å². The van der Waals surface area contributed by atoms with Crippen LogP contribution in [0.1, 0.15) is 39.5 Å². The monoisotopic (exact) mass is 284 g/mol. The molecule has 0 bridgehead atoms. The lowest BCUT2D eigenvalue weighted by Gasteiger charge is -2.28. The molecule has 0 radical (unpaired) electrons. The van der Waals surface area contributed by atoms with Crippen molar-refractivity contribution in [3.63, 3.8) is 0 Å². The Hall–Kier alpha value is -1.97. The Morgan fingerprint density at radius 3 is 2.71 bits per heavy atom. The van der Waals surface area contributed by atoms with E-state index in [0.717, 1.165) is 42.5 Å². The Morgan fingerprint density at radius 2 is 2.00 bits per heavy atom. The summed E-state index contributed by atoms with van der Waals surface area (Å²) in [5.74, 6) is 0.106. The summed E-state index contributed by atoms with van der Waals surface area (Å²) in [6, 6.07) is 0. The molecule has 3 rings (SSSR count). The molecule has 0 aromatic heterocycles.